The van der Waals surface area contributed by atoms with Gasteiger partial charge in [-0.2, -0.15) is 4.98 Å². The number of nitrogens with one attached hydrogen (secondary N) is 1. The number of carbonyl (C=O) groups excluding carboxylic acids is 1. The van der Waals surface area contributed by atoms with E-state index in [4.69, 9.17) is 0 Å². The van der Waals surface area contributed by atoms with Crippen LogP contribution in [0, 0.1) is 5.82 Å². The molecule has 1 aromatic carbocycles. The van der Waals surface area contributed by atoms with E-state index >= 15 is 0 Å². The van der Waals surface area contributed by atoms with Gasteiger partial charge in [0.05, 0.1) is 5.75 Å². The second-order valence-electron chi connectivity index (χ2n) is 6.79. The van der Waals surface area contributed by atoms with Gasteiger partial charge in [-0.25, -0.2) is 9.37 Å². The number of anilines is 2. The number of amides is 1. The van der Waals surface area contributed by atoms with E-state index in [0.29, 0.717) is 21.2 Å². The average molecular weight is 446 g/mol. The van der Waals surface area contributed by atoms with E-state index < -0.39 is 5.82 Å². The van der Waals surface area contributed by atoms with E-state index in [2.05, 4.69) is 26.8 Å². The molecule has 0 spiro atoms. The molecule has 7 nitrogen and oxygen atoms in total. The van der Waals surface area contributed by atoms with E-state index in [0.717, 1.165) is 42.8 Å². The maximum atomic E-state index is 13.3. The zero-order valence-electron chi connectivity index (χ0n) is 16.1. The minimum Gasteiger partial charge on any atom is -0.348 e. The Hall–Kier alpha value is -2.72. The molecule has 0 unspecified atom stereocenters. The van der Waals surface area contributed by atoms with E-state index in [1.54, 1.807) is 12.1 Å². The van der Waals surface area contributed by atoms with Gasteiger partial charge in [0.1, 0.15) is 10.5 Å². The minimum absolute atomic E-state index is 0.0225. The lowest BCUT2D eigenvalue weighted by atomic mass is 10.3. The van der Waals surface area contributed by atoms with Gasteiger partial charge in [0.2, 0.25) is 5.91 Å². The van der Waals surface area contributed by atoms with Gasteiger partial charge in [-0.3, -0.25) is 14.2 Å². The number of nitrogens with zero attached hydrogens (tertiary/aromatic N) is 4. The first-order valence-electron chi connectivity index (χ1n) is 9.50. The minimum atomic E-state index is -0.426. The number of halogens is 1. The van der Waals surface area contributed by atoms with Crippen molar-refractivity contribution in [1.82, 2.24) is 14.5 Å². The molecule has 10 heteroatoms. The molecule has 4 rings (SSSR count). The number of fused-ring (bicyclic) bond motifs is 1. The average Bonchev–Trinajstić information content (AvgIpc) is 3.38. The Balaban J connectivity index is 1.57. The molecule has 0 bridgehead atoms. The normalized spacial score (nSPS) is 13.7. The third kappa shape index (κ3) is 4.39. The number of rotatable bonds is 7. The zero-order chi connectivity index (χ0) is 21.1. The molecular weight excluding hydrogens is 425 g/mol. The van der Waals surface area contributed by atoms with Crippen LogP contribution in [0.3, 0.4) is 0 Å². The Bertz CT molecular complexity index is 1150. The first kappa shape index (κ1) is 20.5. The maximum Gasteiger partial charge on any atom is 0.274 e. The highest BCUT2D eigenvalue weighted by atomic mass is 32.2. The van der Waals surface area contributed by atoms with Crippen molar-refractivity contribution in [3.8, 4) is 0 Å². The van der Waals surface area contributed by atoms with Crippen LogP contribution in [-0.2, 0) is 11.3 Å². The third-order valence-electron chi connectivity index (χ3n) is 4.60. The van der Waals surface area contributed by atoms with Crippen LogP contribution in [0.4, 0.5) is 15.2 Å². The van der Waals surface area contributed by atoms with Gasteiger partial charge in [-0.1, -0.05) is 35.2 Å². The summed E-state index contributed by atoms with van der Waals surface area (Å²) in [6, 6.07) is 5.69. The van der Waals surface area contributed by atoms with Gasteiger partial charge >= 0.3 is 0 Å². The lowest BCUT2D eigenvalue weighted by Gasteiger charge is -2.11. The maximum absolute atomic E-state index is 13.3. The van der Waals surface area contributed by atoms with Crippen LogP contribution in [0.1, 0.15) is 12.8 Å². The van der Waals surface area contributed by atoms with E-state index in [9.17, 15) is 14.0 Å². The fourth-order valence-corrected chi connectivity index (χ4v) is 5.02. The number of thioether (sulfide) groups is 1. The lowest BCUT2D eigenvalue weighted by Crippen LogP contribution is -2.23. The molecule has 0 atom stereocenters. The van der Waals surface area contributed by atoms with Crippen LogP contribution in [-0.4, -0.2) is 39.3 Å². The Kier molecular flexibility index (Phi) is 6.14. The van der Waals surface area contributed by atoms with Crippen molar-refractivity contribution < 1.29 is 9.18 Å². The SMILES string of the molecule is C=CCn1c(SCC(=O)Nc2cccc(F)c2)nc2nc(N3CCCC3)sc2c1=O. The number of hydrogen-bond donors (Lipinski definition) is 1. The molecule has 0 radical (unpaired) electrons. The summed E-state index contributed by atoms with van der Waals surface area (Å²) in [5.74, 6) is -0.722. The Labute approximate surface area is 180 Å². The highest BCUT2D eigenvalue weighted by Crippen LogP contribution is 2.29. The molecule has 1 fully saturated rings. The molecule has 1 aliphatic heterocycles. The molecule has 1 amide bonds. The molecule has 30 heavy (non-hydrogen) atoms. The summed E-state index contributed by atoms with van der Waals surface area (Å²) in [7, 11) is 0. The van der Waals surface area contributed by atoms with Crippen LogP contribution in [0.15, 0.2) is 46.9 Å². The van der Waals surface area contributed by atoms with Crippen molar-refractivity contribution in [2.75, 3.05) is 29.1 Å². The van der Waals surface area contributed by atoms with Crippen molar-refractivity contribution in [2.45, 2.75) is 24.5 Å². The first-order chi connectivity index (χ1) is 14.5. The molecule has 2 aromatic heterocycles. The van der Waals surface area contributed by atoms with Gasteiger partial charge in [-0.05, 0) is 31.0 Å². The van der Waals surface area contributed by atoms with Crippen molar-refractivity contribution >= 4 is 50.2 Å². The van der Waals surface area contributed by atoms with Gasteiger partial charge in [0.15, 0.2) is 15.9 Å². The Morgan fingerprint density at radius 3 is 2.87 bits per heavy atom. The highest BCUT2D eigenvalue weighted by molar-refractivity contribution is 7.99. The zero-order valence-corrected chi connectivity index (χ0v) is 17.8. The van der Waals surface area contributed by atoms with Crippen LogP contribution < -0.4 is 15.8 Å². The first-order valence-corrected chi connectivity index (χ1v) is 11.3. The number of carbonyl (C=O) groups is 1. The quantitative estimate of drug-likeness (QED) is 0.341. The smallest absolute Gasteiger partial charge is 0.274 e. The summed E-state index contributed by atoms with van der Waals surface area (Å²) in [6.45, 7) is 5.86. The Morgan fingerprint density at radius 1 is 1.33 bits per heavy atom. The molecule has 1 aliphatic rings. The summed E-state index contributed by atoms with van der Waals surface area (Å²) in [6.07, 6.45) is 3.85. The molecule has 3 heterocycles. The molecule has 1 saturated heterocycles. The van der Waals surface area contributed by atoms with E-state index in [-0.39, 0.29) is 23.8 Å². The molecule has 156 valence electrons. The predicted molar refractivity (Wildman–Crippen MR) is 119 cm³/mol. The lowest BCUT2D eigenvalue weighted by molar-refractivity contribution is -0.113. The molecular formula is C20H20FN5O2S2. The Morgan fingerprint density at radius 2 is 2.13 bits per heavy atom. The molecule has 1 N–H and O–H groups in total. The van der Waals surface area contributed by atoms with Gasteiger partial charge < -0.3 is 10.2 Å². The fourth-order valence-electron chi connectivity index (χ4n) is 3.21. The number of benzene rings is 1. The van der Waals surface area contributed by atoms with Crippen LogP contribution in [0.5, 0.6) is 0 Å². The summed E-state index contributed by atoms with van der Waals surface area (Å²) >= 11 is 2.50. The standard InChI is InChI=1S/C20H20FN5O2S2/c1-2-8-26-18(28)16-17(23-19(30-16)25-9-3-4-10-25)24-20(26)29-12-15(27)22-14-7-5-6-13(21)11-14/h2,5-7,11H,1,3-4,8-10,12H2,(H,22,27). The largest absolute Gasteiger partial charge is 0.348 e. The summed E-state index contributed by atoms with van der Waals surface area (Å²) in [4.78, 5) is 36.6. The second-order valence-corrected chi connectivity index (χ2v) is 8.71. The summed E-state index contributed by atoms with van der Waals surface area (Å²) in [5, 5.41) is 3.85. The molecule has 3 aromatic rings. The monoisotopic (exact) mass is 445 g/mol. The summed E-state index contributed by atoms with van der Waals surface area (Å²) < 4.78 is 15.3. The third-order valence-corrected chi connectivity index (χ3v) is 6.67. The molecule has 0 saturated carbocycles. The van der Waals surface area contributed by atoms with Crippen molar-refractivity contribution in [3.05, 3.63) is 53.1 Å². The number of thiazole rings is 1. The van der Waals surface area contributed by atoms with E-state index in [1.807, 2.05) is 0 Å². The van der Waals surface area contributed by atoms with Crippen molar-refractivity contribution in [1.29, 1.82) is 0 Å². The van der Waals surface area contributed by atoms with Crippen LogP contribution >= 0.6 is 23.1 Å². The van der Waals surface area contributed by atoms with E-state index in [1.165, 1.54) is 34.1 Å². The van der Waals surface area contributed by atoms with Crippen molar-refractivity contribution in [3.63, 3.8) is 0 Å². The second kappa shape index (κ2) is 8.97. The predicted octanol–water partition coefficient (Wildman–Crippen LogP) is 3.51. The number of hydrogen-bond acceptors (Lipinski definition) is 7. The fraction of sp³-hybridized carbons (Fsp3) is 0.300. The van der Waals surface area contributed by atoms with Gasteiger partial charge in [-0.15, -0.1) is 6.58 Å². The number of aromatic nitrogens is 3. The highest BCUT2D eigenvalue weighted by Gasteiger charge is 2.21. The van der Waals surface area contributed by atoms with Gasteiger partial charge in [0, 0.05) is 25.3 Å². The number of allylic oxidation sites excluding steroid dienone is 1. The van der Waals surface area contributed by atoms with Crippen LogP contribution in [0.25, 0.3) is 10.3 Å². The van der Waals surface area contributed by atoms with Crippen LogP contribution in [0.2, 0.25) is 0 Å². The molecule has 0 aliphatic carbocycles. The van der Waals surface area contributed by atoms with Gasteiger partial charge in [0.25, 0.3) is 5.56 Å². The summed E-state index contributed by atoms with van der Waals surface area (Å²) in [5.41, 5.74) is 0.596. The topological polar surface area (TPSA) is 80.1 Å². The van der Waals surface area contributed by atoms with Crippen molar-refractivity contribution in [2.24, 2.45) is 0 Å².